The van der Waals surface area contributed by atoms with Gasteiger partial charge in [-0.3, -0.25) is 16.2 Å². The lowest BCUT2D eigenvalue weighted by Gasteiger charge is -2.11. The van der Waals surface area contributed by atoms with Crippen LogP contribution in [-0.2, 0) is 0 Å². The van der Waals surface area contributed by atoms with Gasteiger partial charge in [-0.1, -0.05) is 0 Å². The van der Waals surface area contributed by atoms with E-state index < -0.39 is 40.8 Å². The van der Waals surface area contributed by atoms with Crippen molar-refractivity contribution in [1.82, 2.24) is 10.7 Å². The van der Waals surface area contributed by atoms with Gasteiger partial charge in [0.1, 0.15) is 5.69 Å². The molecule has 9 heteroatoms. The molecule has 1 aromatic rings. The van der Waals surface area contributed by atoms with Crippen LogP contribution in [-0.4, -0.2) is 6.03 Å². The average molecular weight is 313 g/mol. The lowest BCUT2D eigenvalue weighted by atomic mass is 10.2. The molecule has 22 heavy (non-hydrogen) atoms. The van der Waals surface area contributed by atoms with Gasteiger partial charge in [-0.15, -0.1) is 6.42 Å². The Morgan fingerprint density at radius 3 is 1.95 bits per heavy atom. The minimum Gasteiger partial charge on any atom is -0.291 e. The van der Waals surface area contributed by atoms with E-state index in [0.717, 1.165) is 0 Å². The molecule has 0 aliphatic heterocycles. The molecule has 0 atom stereocenters. The predicted octanol–water partition coefficient (Wildman–Crippen LogP) is 1.61. The molecule has 0 saturated heterocycles. The summed E-state index contributed by atoms with van der Waals surface area (Å²) in [5.74, 6) is -2.63. The largest absolute Gasteiger partial charge is 0.345 e. The Labute approximate surface area is 121 Å². The third kappa shape index (κ3) is 3.81. The highest BCUT2D eigenvalue weighted by atomic mass is 19.2. The molecule has 1 rings (SSSR count). The molecule has 0 aliphatic rings. The van der Waals surface area contributed by atoms with E-state index in [2.05, 4.69) is 17.8 Å². The van der Waals surface area contributed by atoms with Gasteiger partial charge < -0.3 is 0 Å². The Kier molecular flexibility index (Phi) is 5.62. The summed E-state index contributed by atoms with van der Waals surface area (Å²) in [6.45, 7) is 0. The number of terminal acetylenes is 1. The van der Waals surface area contributed by atoms with E-state index in [9.17, 15) is 26.7 Å². The monoisotopic (exact) mass is 313 g/mol. The number of halogens is 5. The number of benzene rings is 1. The van der Waals surface area contributed by atoms with Crippen molar-refractivity contribution in [3.05, 3.63) is 29.1 Å². The normalized spacial score (nSPS) is 8.55. The van der Waals surface area contributed by atoms with Gasteiger partial charge in [0, 0.05) is 17.9 Å². The molecule has 0 saturated carbocycles. The number of hydrogen-bond donors (Lipinski definition) is 3. The first-order chi connectivity index (χ1) is 10.4. The Morgan fingerprint density at radius 1 is 0.864 bits per heavy atom. The number of amides is 2. The lowest BCUT2D eigenvalue weighted by molar-refractivity contribution is 0.246. The van der Waals surface area contributed by atoms with Gasteiger partial charge >= 0.3 is 6.03 Å². The smallest absolute Gasteiger partial charge is 0.291 e. The summed E-state index contributed by atoms with van der Waals surface area (Å²) in [4.78, 5) is 11.1. The Balaban J connectivity index is 2.79. The van der Waals surface area contributed by atoms with Crippen molar-refractivity contribution in [2.45, 2.75) is 0 Å². The quantitative estimate of drug-likeness (QED) is 0.194. The van der Waals surface area contributed by atoms with Crippen LogP contribution in [0.25, 0.3) is 0 Å². The fraction of sp³-hybridized carbons (Fsp3) is 0. The third-order valence-corrected chi connectivity index (χ3v) is 1.95. The number of anilines is 1. The Hall–Kier alpha value is -3.38. The van der Waals surface area contributed by atoms with Crippen LogP contribution in [0.2, 0.25) is 0 Å². The fourth-order valence-electron chi connectivity index (χ4n) is 1.05. The van der Waals surface area contributed by atoms with Gasteiger partial charge in [0.25, 0.3) is 0 Å². The first kappa shape index (κ1) is 16.7. The molecule has 0 fully saturated rings. The van der Waals surface area contributed by atoms with Crippen molar-refractivity contribution in [2.75, 3.05) is 5.43 Å². The minimum atomic E-state index is -2.32. The molecular weight excluding hydrogens is 309 g/mol. The zero-order chi connectivity index (χ0) is 16.7. The van der Waals surface area contributed by atoms with Gasteiger partial charge in [0.15, 0.2) is 23.3 Å². The van der Waals surface area contributed by atoms with E-state index in [0.29, 0.717) is 0 Å². The van der Waals surface area contributed by atoms with E-state index in [1.54, 1.807) is 10.9 Å². The molecule has 3 N–H and O–H groups in total. The summed E-state index contributed by atoms with van der Waals surface area (Å²) in [6.07, 6.45) is 4.79. The number of urea groups is 1. The maximum Gasteiger partial charge on any atom is 0.345 e. The Bertz CT molecular complexity index is 748. The van der Waals surface area contributed by atoms with Crippen LogP contribution >= 0.6 is 0 Å². The van der Waals surface area contributed by atoms with Crippen LogP contribution in [0.15, 0.2) is 0 Å². The topological polar surface area (TPSA) is 53.2 Å². The highest BCUT2D eigenvalue weighted by molar-refractivity contribution is 5.77. The van der Waals surface area contributed by atoms with Crippen molar-refractivity contribution >= 4 is 11.7 Å². The van der Waals surface area contributed by atoms with Gasteiger partial charge in [-0.05, 0) is 11.8 Å². The molecule has 112 valence electrons. The summed E-state index contributed by atoms with van der Waals surface area (Å²) in [5.41, 5.74) is 1.74. The summed E-state index contributed by atoms with van der Waals surface area (Å²) in [7, 11) is 0. The zero-order valence-corrected chi connectivity index (χ0v) is 10.4. The summed E-state index contributed by atoms with van der Waals surface area (Å²) in [6, 6.07) is 0.861. The van der Waals surface area contributed by atoms with Crippen molar-refractivity contribution in [1.29, 1.82) is 0 Å². The van der Waals surface area contributed by atoms with Gasteiger partial charge in [0.05, 0.1) is 0 Å². The van der Waals surface area contributed by atoms with Gasteiger partial charge in [0.2, 0.25) is 5.82 Å². The molecule has 2 amide bonds. The molecule has 0 aliphatic carbocycles. The van der Waals surface area contributed by atoms with Gasteiger partial charge in [-0.25, -0.2) is 26.7 Å². The van der Waals surface area contributed by atoms with Crippen LogP contribution < -0.4 is 16.2 Å². The number of carbonyl (C=O) groups excluding carboxylic acids is 1. The average Bonchev–Trinajstić information content (AvgIpc) is 2.50. The predicted molar refractivity (Wildman–Crippen MR) is 65.9 cm³/mol. The van der Waals surface area contributed by atoms with Crippen molar-refractivity contribution in [2.24, 2.45) is 0 Å². The highest BCUT2D eigenvalue weighted by Crippen LogP contribution is 2.26. The van der Waals surface area contributed by atoms with Crippen LogP contribution in [0.1, 0.15) is 0 Å². The first-order valence-electron chi connectivity index (χ1n) is 5.19. The van der Waals surface area contributed by atoms with E-state index in [1.165, 1.54) is 0 Å². The SMILES string of the molecule is C#CC#CC#CNC(=O)NNc1c(F)c(F)c(F)c(F)c1F. The van der Waals surface area contributed by atoms with Crippen molar-refractivity contribution < 1.29 is 26.7 Å². The van der Waals surface area contributed by atoms with E-state index in [1.807, 2.05) is 17.3 Å². The maximum absolute atomic E-state index is 13.2. The van der Waals surface area contributed by atoms with E-state index in [4.69, 9.17) is 6.42 Å². The van der Waals surface area contributed by atoms with E-state index in [-0.39, 0.29) is 0 Å². The van der Waals surface area contributed by atoms with Crippen LogP contribution in [0.3, 0.4) is 0 Å². The molecule has 0 bridgehead atoms. The zero-order valence-electron chi connectivity index (χ0n) is 10.4. The highest BCUT2D eigenvalue weighted by Gasteiger charge is 2.25. The number of hydrogen-bond acceptors (Lipinski definition) is 2. The fourth-order valence-corrected chi connectivity index (χ4v) is 1.05. The number of hydrazine groups is 1. The van der Waals surface area contributed by atoms with Crippen LogP contribution in [0, 0.1) is 65.2 Å². The minimum absolute atomic E-state index is 1.14. The third-order valence-electron chi connectivity index (χ3n) is 1.95. The first-order valence-corrected chi connectivity index (χ1v) is 5.19. The molecule has 0 aromatic heterocycles. The number of carbonyl (C=O) groups is 1. The van der Waals surface area contributed by atoms with Gasteiger partial charge in [-0.2, -0.15) is 0 Å². The summed E-state index contributed by atoms with van der Waals surface area (Å²) >= 11 is 0. The number of nitrogens with one attached hydrogen (secondary N) is 3. The number of rotatable bonds is 2. The molecule has 0 heterocycles. The van der Waals surface area contributed by atoms with Crippen LogP contribution in [0.5, 0.6) is 0 Å². The van der Waals surface area contributed by atoms with E-state index >= 15 is 0 Å². The molecule has 0 spiro atoms. The molecule has 1 aromatic carbocycles. The maximum atomic E-state index is 13.2. The van der Waals surface area contributed by atoms with Crippen molar-refractivity contribution in [3.63, 3.8) is 0 Å². The second-order valence-electron chi connectivity index (χ2n) is 3.29. The lowest BCUT2D eigenvalue weighted by Crippen LogP contribution is -2.37. The molecular formula is C13H4F5N3O. The molecule has 0 unspecified atom stereocenters. The summed E-state index contributed by atoms with van der Waals surface area (Å²) < 4.78 is 64.9. The second kappa shape index (κ2) is 7.41. The Morgan fingerprint density at radius 2 is 1.41 bits per heavy atom. The molecule has 4 nitrogen and oxygen atoms in total. The van der Waals surface area contributed by atoms with Crippen LogP contribution in [0.4, 0.5) is 32.4 Å². The summed E-state index contributed by atoms with van der Waals surface area (Å²) in [5, 5.41) is 1.84. The molecule has 0 radical (unpaired) electrons. The second-order valence-corrected chi connectivity index (χ2v) is 3.29. The standard InChI is InChI=1S/C13H4F5N3O/c1-2-3-4-5-6-19-13(22)21-20-12-10(17)8(15)7(14)9(16)11(12)18/h1,20H,(H2,19,21,22). The van der Waals surface area contributed by atoms with Crippen molar-refractivity contribution in [3.8, 4) is 36.1 Å².